The molecule has 0 radical (unpaired) electrons. The minimum Gasteiger partial charge on any atom is -0.493 e. The van der Waals surface area contributed by atoms with Gasteiger partial charge in [0.05, 0.1) is 17.4 Å². The molecule has 1 aliphatic carbocycles. The van der Waals surface area contributed by atoms with E-state index in [-0.39, 0.29) is 36.7 Å². The number of carbonyl (C=O) groups excluding carboxylic acids is 2. The van der Waals surface area contributed by atoms with Crippen LogP contribution in [0.1, 0.15) is 66.6 Å². The third kappa shape index (κ3) is 7.93. The van der Waals surface area contributed by atoms with Crippen molar-refractivity contribution < 1.29 is 24.2 Å². The van der Waals surface area contributed by atoms with E-state index in [2.05, 4.69) is 36.1 Å². The summed E-state index contributed by atoms with van der Waals surface area (Å²) in [5.74, 6) is 0.0170. The Morgan fingerprint density at radius 3 is 2.17 bits per heavy atom. The molecule has 250 valence electrons. The Morgan fingerprint density at radius 2 is 1.56 bits per heavy atom. The van der Waals surface area contributed by atoms with Gasteiger partial charge in [0.15, 0.2) is 5.82 Å². The second-order valence-electron chi connectivity index (χ2n) is 13.9. The highest BCUT2D eigenvalue weighted by Crippen LogP contribution is 2.30. The van der Waals surface area contributed by atoms with Crippen LogP contribution in [0.2, 0.25) is 0 Å². The average Bonchev–Trinajstić information content (AvgIpc) is 3.77. The number of ether oxygens (including phenoxy) is 1. The Kier molecular flexibility index (Phi) is 9.91. The SMILES string of the molecule is CC(C)(C)c1ccc(C(=O)NC(Cc2ccc(-c3ncc(-c4ccc(OCC5CCCC5)cc4)cn3)cc2)C(=O)N2CC(C(=O)O)C2)s1. The second-order valence-corrected chi connectivity index (χ2v) is 15.0. The van der Waals surface area contributed by atoms with Gasteiger partial charge in [0.2, 0.25) is 5.91 Å². The Balaban J connectivity index is 1.10. The van der Waals surface area contributed by atoms with Crippen LogP contribution in [-0.2, 0) is 21.4 Å². The topological polar surface area (TPSA) is 122 Å². The van der Waals surface area contributed by atoms with E-state index in [1.807, 2.05) is 67.0 Å². The van der Waals surface area contributed by atoms with Gasteiger partial charge in [0.1, 0.15) is 11.8 Å². The highest BCUT2D eigenvalue weighted by Gasteiger charge is 2.39. The standard InChI is InChI=1S/C38H42N4O5S/c1-38(2,3)33-17-16-32(48-33)35(43)41-31(36(44)42-21-29(22-42)37(45)46)18-24-8-10-27(11-9-24)34-39-19-28(20-40-34)26-12-14-30(15-13-26)47-23-25-6-4-5-7-25/h8-17,19-20,25,29,31H,4-7,18,21-23H2,1-3H3,(H,41,43)(H,45,46). The number of likely N-dealkylation sites (tertiary alicyclic amines) is 1. The molecule has 2 aromatic heterocycles. The quantitative estimate of drug-likeness (QED) is 0.185. The molecule has 2 fully saturated rings. The molecule has 1 aliphatic heterocycles. The van der Waals surface area contributed by atoms with Crippen molar-refractivity contribution in [3.8, 4) is 28.3 Å². The lowest BCUT2D eigenvalue weighted by molar-refractivity contribution is -0.153. The molecule has 1 atom stereocenters. The van der Waals surface area contributed by atoms with Crippen molar-refractivity contribution in [1.82, 2.24) is 20.2 Å². The van der Waals surface area contributed by atoms with Gasteiger partial charge in [-0.15, -0.1) is 11.3 Å². The molecule has 0 spiro atoms. The number of aromatic nitrogens is 2. The van der Waals surface area contributed by atoms with Crippen molar-refractivity contribution in [1.29, 1.82) is 0 Å². The highest BCUT2D eigenvalue weighted by atomic mass is 32.1. The first kappa shape index (κ1) is 33.3. The molecule has 9 nitrogen and oxygen atoms in total. The lowest BCUT2D eigenvalue weighted by Gasteiger charge is -2.38. The van der Waals surface area contributed by atoms with Crippen LogP contribution in [0.5, 0.6) is 5.75 Å². The number of hydrogen-bond donors (Lipinski definition) is 2. The molecule has 1 unspecified atom stereocenters. The predicted molar refractivity (Wildman–Crippen MR) is 186 cm³/mol. The number of nitrogens with zero attached hydrogens (tertiary/aromatic N) is 3. The fourth-order valence-corrected chi connectivity index (χ4v) is 7.08. The molecule has 1 saturated carbocycles. The summed E-state index contributed by atoms with van der Waals surface area (Å²) in [5, 5.41) is 12.2. The van der Waals surface area contributed by atoms with Crippen molar-refractivity contribution >= 4 is 29.1 Å². The Bertz CT molecular complexity index is 1730. The summed E-state index contributed by atoms with van der Waals surface area (Å²) in [6, 6.07) is 18.5. The van der Waals surface area contributed by atoms with E-state index >= 15 is 0 Å². The maximum atomic E-state index is 13.5. The lowest BCUT2D eigenvalue weighted by atomic mass is 9.95. The molecule has 6 rings (SSSR count). The van der Waals surface area contributed by atoms with E-state index in [1.54, 1.807) is 6.07 Å². The summed E-state index contributed by atoms with van der Waals surface area (Å²) in [5.41, 5.74) is 3.50. The maximum absolute atomic E-state index is 13.5. The predicted octanol–water partition coefficient (Wildman–Crippen LogP) is 6.62. The van der Waals surface area contributed by atoms with Crippen LogP contribution in [0.3, 0.4) is 0 Å². The summed E-state index contributed by atoms with van der Waals surface area (Å²) in [4.78, 5) is 50.4. The monoisotopic (exact) mass is 666 g/mol. The molecule has 2 amide bonds. The van der Waals surface area contributed by atoms with E-state index in [4.69, 9.17) is 4.74 Å². The number of hydrogen-bond acceptors (Lipinski definition) is 7. The number of thiophene rings is 1. The Labute approximate surface area is 285 Å². The zero-order chi connectivity index (χ0) is 33.8. The highest BCUT2D eigenvalue weighted by molar-refractivity contribution is 7.14. The minimum atomic E-state index is -0.920. The first-order chi connectivity index (χ1) is 23.0. The third-order valence-corrected chi connectivity index (χ3v) is 10.7. The summed E-state index contributed by atoms with van der Waals surface area (Å²) in [6.07, 6.45) is 9.00. The fourth-order valence-electron chi connectivity index (χ4n) is 6.11. The molecular weight excluding hydrogens is 625 g/mol. The van der Waals surface area contributed by atoms with Gasteiger partial charge in [-0.25, -0.2) is 9.97 Å². The largest absolute Gasteiger partial charge is 0.493 e. The van der Waals surface area contributed by atoms with Crippen molar-refractivity contribution in [3.63, 3.8) is 0 Å². The van der Waals surface area contributed by atoms with E-state index in [0.717, 1.165) is 39.5 Å². The first-order valence-electron chi connectivity index (χ1n) is 16.6. The van der Waals surface area contributed by atoms with Crippen LogP contribution in [-0.4, -0.2) is 63.5 Å². The third-order valence-electron chi connectivity index (χ3n) is 9.17. The van der Waals surface area contributed by atoms with Gasteiger partial charge in [-0.1, -0.05) is 70.0 Å². The van der Waals surface area contributed by atoms with Crippen LogP contribution in [0.4, 0.5) is 0 Å². The van der Waals surface area contributed by atoms with Gasteiger partial charge in [-0.2, -0.15) is 0 Å². The van der Waals surface area contributed by atoms with E-state index in [0.29, 0.717) is 16.6 Å². The molecule has 2 aliphatic rings. The number of carboxylic acid groups (broad SMARTS) is 1. The van der Waals surface area contributed by atoms with Crippen LogP contribution in [0.15, 0.2) is 73.1 Å². The van der Waals surface area contributed by atoms with Crippen LogP contribution >= 0.6 is 11.3 Å². The first-order valence-corrected chi connectivity index (χ1v) is 17.4. The molecule has 2 aromatic carbocycles. The number of amides is 2. The zero-order valence-corrected chi connectivity index (χ0v) is 28.5. The summed E-state index contributed by atoms with van der Waals surface area (Å²) >= 11 is 1.41. The molecule has 0 bridgehead atoms. The Morgan fingerprint density at radius 1 is 0.917 bits per heavy atom. The van der Waals surface area contributed by atoms with Crippen LogP contribution in [0, 0.1) is 11.8 Å². The van der Waals surface area contributed by atoms with E-state index in [1.165, 1.54) is 41.9 Å². The van der Waals surface area contributed by atoms with E-state index < -0.39 is 17.9 Å². The molecule has 4 aromatic rings. The van der Waals surface area contributed by atoms with Crippen molar-refractivity contribution in [2.24, 2.45) is 11.8 Å². The Hall–Kier alpha value is -4.57. The summed E-state index contributed by atoms with van der Waals surface area (Å²) < 4.78 is 5.99. The van der Waals surface area contributed by atoms with Gasteiger partial charge in [-0.3, -0.25) is 14.4 Å². The van der Waals surface area contributed by atoms with Crippen LogP contribution in [0.25, 0.3) is 22.5 Å². The zero-order valence-electron chi connectivity index (χ0n) is 27.6. The average molecular weight is 667 g/mol. The fraction of sp³-hybridized carbons (Fsp3) is 0.395. The van der Waals surface area contributed by atoms with E-state index in [9.17, 15) is 19.5 Å². The lowest BCUT2D eigenvalue weighted by Crippen LogP contribution is -2.59. The molecular formula is C38H42N4O5S. The van der Waals surface area contributed by atoms with Crippen LogP contribution < -0.4 is 10.1 Å². The van der Waals surface area contributed by atoms with Gasteiger partial charge in [0.25, 0.3) is 5.91 Å². The smallest absolute Gasteiger partial charge is 0.310 e. The number of carboxylic acids is 1. The molecule has 10 heteroatoms. The van der Waals surface area contributed by atoms with Gasteiger partial charge in [0, 0.05) is 47.9 Å². The maximum Gasteiger partial charge on any atom is 0.310 e. The molecule has 1 saturated heterocycles. The number of aliphatic carboxylic acids is 1. The number of benzene rings is 2. The van der Waals surface area contributed by atoms with Crippen molar-refractivity contribution in [3.05, 3.63) is 88.4 Å². The van der Waals surface area contributed by atoms with Crippen molar-refractivity contribution in [2.45, 2.75) is 64.3 Å². The summed E-state index contributed by atoms with van der Waals surface area (Å²) in [7, 11) is 0. The van der Waals surface area contributed by atoms with Crippen molar-refractivity contribution in [2.75, 3.05) is 19.7 Å². The number of carbonyl (C=O) groups is 3. The van der Waals surface area contributed by atoms with Gasteiger partial charge < -0.3 is 20.1 Å². The number of nitrogens with one attached hydrogen (secondary N) is 1. The minimum absolute atomic E-state index is 0.0947. The normalized spacial score (nSPS) is 15.9. The second kappa shape index (κ2) is 14.3. The number of rotatable bonds is 11. The van der Waals surface area contributed by atoms with Gasteiger partial charge in [-0.05, 0) is 59.6 Å². The van der Waals surface area contributed by atoms with Gasteiger partial charge >= 0.3 is 5.97 Å². The molecule has 3 heterocycles. The summed E-state index contributed by atoms with van der Waals surface area (Å²) in [6.45, 7) is 7.32. The molecule has 2 N–H and O–H groups in total. The molecule has 48 heavy (non-hydrogen) atoms.